The molecule has 0 saturated carbocycles. The lowest BCUT2D eigenvalue weighted by Crippen LogP contribution is -2.09. The summed E-state index contributed by atoms with van der Waals surface area (Å²) in [5, 5.41) is 0. The van der Waals surface area contributed by atoms with Gasteiger partial charge in [0.15, 0.2) is 0 Å². The number of anilines is 5. The minimum absolute atomic E-state index is 0.258. The van der Waals surface area contributed by atoms with Crippen molar-refractivity contribution in [3.05, 3.63) is 223 Å². The highest BCUT2D eigenvalue weighted by Gasteiger charge is 2.16. The van der Waals surface area contributed by atoms with Crippen LogP contribution in [0.4, 0.5) is 28.4 Å². The second kappa shape index (κ2) is 16.8. The molecule has 0 aliphatic carbocycles. The number of rotatable bonds is 13. The molecule has 0 fully saturated rings. The molecule has 274 valence electrons. The Bertz CT molecular complexity index is 2430. The fourth-order valence-corrected chi connectivity index (χ4v) is 6.99. The Balaban J connectivity index is 0.955. The molecule has 0 aromatic heterocycles. The van der Waals surface area contributed by atoms with Crippen LogP contribution in [0.5, 0.6) is 23.0 Å². The predicted molar refractivity (Wildman–Crippen MR) is 231 cm³/mol. The molecule has 0 amide bonds. The molecule has 0 spiro atoms. The summed E-state index contributed by atoms with van der Waals surface area (Å²) in [7, 11) is 0. The molecule has 0 saturated heterocycles. The van der Waals surface area contributed by atoms with E-state index in [2.05, 4.69) is 144 Å². The molecule has 0 radical (unpaired) electrons. The van der Waals surface area contributed by atoms with Crippen molar-refractivity contribution in [2.24, 2.45) is 0 Å². The van der Waals surface area contributed by atoms with Gasteiger partial charge in [-0.2, -0.15) is 0 Å². The van der Waals surface area contributed by atoms with Crippen LogP contribution in [0.2, 0.25) is 0 Å². The minimum atomic E-state index is 0.258. The van der Waals surface area contributed by atoms with Crippen molar-refractivity contribution in [2.45, 2.75) is 18.8 Å². The second-order valence-electron chi connectivity index (χ2n) is 13.8. The number of hydrogen-bond donors (Lipinski definition) is 2. The van der Waals surface area contributed by atoms with E-state index in [9.17, 15) is 0 Å². The van der Waals surface area contributed by atoms with Crippen LogP contribution in [0.25, 0.3) is 11.1 Å². The Morgan fingerprint density at radius 1 is 0.375 bits per heavy atom. The van der Waals surface area contributed by atoms with Gasteiger partial charge in [0.25, 0.3) is 0 Å². The van der Waals surface area contributed by atoms with Crippen LogP contribution in [0.15, 0.2) is 206 Å². The molecule has 8 aromatic rings. The lowest BCUT2D eigenvalue weighted by Gasteiger charge is -2.26. The maximum absolute atomic E-state index is 6.07. The fraction of sp³-hybridized carbons (Fsp3) is 0.0588. The molecule has 8 rings (SSSR count). The van der Waals surface area contributed by atoms with Gasteiger partial charge in [-0.05, 0) is 150 Å². The molecule has 8 aromatic carbocycles. The first-order chi connectivity index (χ1) is 27.5. The first kappa shape index (κ1) is 35.8. The Morgan fingerprint density at radius 3 is 1.25 bits per heavy atom. The summed E-state index contributed by atoms with van der Waals surface area (Å²) in [4.78, 5) is 2.25. The van der Waals surface area contributed by atoms with Crippen molar-refractivity contribution in [3.8, 4) is 34.1 Å². The van der Waals surface area contributed by atoms with Crippen LogP contribution in [0.3, 0.4) is 0 Å². The highest BCUT2D eigenvalue weighted by atomic mass is 16.5. The van der Waals surface area contributed by atoms with Crippen molar-refractivity contribution < 1.29 is 9.47 Å². The van der Waals surface area contributed by atoms with Crippen molar-refractivity contribution >= 4 is 28.4 Å². The van der Waals surface area contributed by atoms with Crippen molar-refractivity contribution in [3.63, 3.8) is 0 Å². The zero-order chi connectivity index (χ0) is 38.1. The summed E-state index contributed by atoms with van der Waals surface area (Å²) in [6.07, 6.45) is 1.94. The largest absolute Gasteiger partial charge is 0.457 e. The summed E-state index contributed by atoms with van der Waals surface area (Å²) in [5.74, 6) is 3.33. The number of para-hydroxylation sites is 1. The third kappa shape index (κ3) is 8.75. The van der Waals surface area contributed by atoms with Gasteiger partial charge in [0, 0.05) is 34.4 Å². The topological polar surface area (TPSA) is 73.7 Å². The van der Waals surface area contributed by atoms with Crippen molar-refractivity contribution in [2.75, 3.05) is 16.4 Å². The van der Waals surface area contributed by atoms with E-state index in [-0.39, 0.29) is 5.92 Å². The van der Waals surface area contributed by atoms with E-state index >= 15 is 0 Å². The highest BCUT2D eigenvalue weighted by Crippen LogP contribution is 2.37. The molecule has 5 heteroatoms. The van der Waals surface area contributed by atoms with Crippen LogP contribution < -0.4 is 25.8 Å². The summed E-state index contributed by atoms with van der Waals surface area (Å²) in [5.41, 5.74) is 22.5. The average Bonchev–Trinajstić information content (AvgIpc) is 3.25. The third-order valence-electron chi connectivity index (χ3n) is 9.96. The number of aryl methyl sites for hydroxylation is 1. The van der Waals surface area contributed by atoms with Gasteiger partial charge in [-0.25, -0.2) is 0 Å². The fourth-order valence-electron chi connectivity index (χ4n) is 6.99. The lowest BCUT2D eigenvalue weighted by molar-refractivity contribution is 0.482. The predicted octanol–water partition coefficient (Wildman–Crippen LogP) is 13.3. The van der Waals surface area contributed by atoms with E-state index in [0.717, 1.165) is 58.6 Å². The third-order valence-corrected chi connectivity index (χ3v) is 9.96. The van der Waals surface area contributed by atoms with Gasteiger partial charge in [-0.1, -0.05) is 97.1 Å². The molecule has 0 heterocycles. The molecule has 5 nitrogen and oxygen atoms in total. The van der Waals surface area contributed by atoms with E-state index < -0.39 is 0 Å². The van der Waals surface area contributed by atoms with Crippen LogP contribution in [0.1, 0.15) is 29.0 Å². The molecular formula is C51H43N3O2. The Labute approximate surface area is 329 Å². The number of hydrogen-bond acceptors (Lipinski definition) is 5. The molecule has 0 bridgehead atoms. The minimum Gasteiger partial charge on any atom is -0.457 e. The molecule has 0 aliphatic rings. The average molecular weight is 730 g/mol. The SMILES string of the molecule is Nc1ccc(Oc2ccc(C(CCc3ccc(-c4ccc(N(c5ccccc5)c5ccc(Oc6ccc(N)cc6)cc5)cc4)cc3)c3ccccc3)cc2)cc1. The number of benzene rings is 8. The van der Waals surface area contributed by atoms with Gasteiger partial charge in [-0.3, -0.25) is 0 Å². The summed E-state index contributed by atoms with van der Waals surface area (Å²) < 4.78 is 12.1. The summed E-state index contributed by atoms with van der Waals surface area (Å²) >= 11 is 0. The van der Waals surface area contributed by atoms with Crippen molar-refractivity contribution in [1.29, 1.82) is 0 Å². The van der Waals surface area contributed by atoms with Crippen LogP contribution >= 0.6 is 0 Å². The van der Waals surface area contributed by atoms with E-state index in [1.165, 1.54) is 27.8 Å². The Hall–Kier alpha value is -7.24. The van der Waals surface area contributed by atoms with Gasteiger partial charge < -0.3 is 25.8 Å². The standard InChI is InChI=1S/C51H43N3O2/c52-42-20-30-48(31-21-42)55-47-28-18-41(19-29-47)51(40-7-3-1-4-8-40)36-13-37-11-14-38(15-12-37)39-16-24-45(25-17-39)54(44-9-5-2-6-10-44)46-26-34-50(35-27-46)56-49-32-22-43(53)23-33-49/h1-12,14-35,51H,13,36,52-53H2. The smallest absolute Gasteiger partial charge is 0.127 e. The van der Waals surface area contributed by atoms with Crippen LogP contribution in [0, 0.1) is 0 Å². The van der Waals surface area contributed by atoms with Crippen LogP contribution in [-0.4, -0.2) is 0 Å². The number of nitrogens with zero attached hydrogens (tertiary/aromatic N) is 1. The monoisotopic (exact) mass is 729 g/mol. The highest BCUT2D eigenvalue weighted by molar-refractivity contribution is 5.78. The van der Waals surface area contributed by atoms with Gasteiger partial charge >= 0.3 is 0 Å². The molecule has 1 unspecified atom stereocenters. The van der Waals surface area contributed by atoms with E-state index in [1.54, 1.807) is 0 Å². The van der Waals surface area contributed by atoms with Gasteiger partial charge in [0.05, 0.1) is 0 Å². The molecule has 4 N–H and O–H groups in total. The zero-order valence-electron chi connectivity index (χ0n) is 31.0. The summed E-state index contributed by atoms with van der Waals surface area (Å²) in [6, 6.07) is 70.5. The molecule has 1 atom stereocenters. The molecule has 0 aliphatic heterocycles. The van der Waals surface area contributed by atoms with Gasteiger partial charge in [-0.15, -0.1) is 0 Å². The Kier molecular flexibility index (Phi) is 10.8. The summed E-state index contributed by atoms with van der Waals surface area (Å²) in [6.45, 7) is 0. The number of nitrogen functional groups attached to an aromatic ring is 2. The van der Waals surface area contributed by atoms with Gasteiger partial charge in [0.2, 0.25) is 0 Å². The first-order valence-corrected chi connectivity index (χ1v) is 18.9. The van der Waals surface area contributed by atoms with Crippen molar-refractivity contribution in [1.82, 2.24) is 0 Å². The maximum atomic E-state index is 6.07. The number of ether oxygens (including phenoxy) is 2. The quantitative estimate of drug-likeness (QED) is 0.116. The normalized spacial score (nSPS) is 11.4. The maximum Gasteiger partial charge on any atom is 0.127 e. The first-order valence-electron chi connectivity index (χ1n) is 18.9. The molecule has 56 heavy (non-hydrogen) atoms. The van der Waals surface area contributed by atoms with Crippen LogP contribution in [-0.2, 0) is 6.42 Å². The van der Waals surface area contributed by atoms with E-state index in [4.69, 9.17) is 20.9 Å². The van der Waals surface area contributed by atoms with Gasteiger partial charge in [0.1, 0.15) is 23.0 Å². The van der Waals surface area contributed by atoms with E-state index in [0.29, 0.717) is 5.69 Å². The number of nitrogens with two attached hydrogens (primary N) is 2. The zero-order valence-corrected chi connectivity index (χ0v) is 31.0. The van der Waals surface area contributed by atoms with E-state index in [1.807, 2.05) is 66.7 Å². The lowest BCUT2D eigenvalue weighted by atomic mass is 9.86. The second-order valence-corrected chi connectivity index (χ2v) is 13.8. The Morgan fingerprint density at radius 2 is 0.750 bits per heavy atom. The molecular weight excluding hydrogens is 687 g/mol.